The van der Waals surface area contributed by atoms with E-state index >= 15 is 0 Å². The van der Waals surface area contributed by atoms with E-state index < -0.39 is 0 Å². The van der Waals surface area contributed by atoms with Gasteiger partial charge in [-0.2, -0.15) is 0 Å². The highest BCUT2D eigenvalue weighted by Gasteiger charge is 2.42. The first-order valence-corrected chi connectivity index (χ1v) is 7.10. The number of rotatable bonds is 2. The molecule has 4 atom stereocenters. The summed E-state index contributed by atoms with van der Waals surface area (Å²) in [5, 5.41) is 6.46. The van der Waals surface area contributed by atoms with Crippen molar-refractivity contribution in [3.8, 4) is 0 Å². The Balaban J connectivity index is 1.40. The SMILES string of the molecule is O=C(NC1CC2CCC1O2)C1Cc2ccccc2N1. The van der Waals surface area contributed by atoms with Gasteiger partial charge in [0.25, 0.3) is 0 Å². The van der Waals surface area contributed by atoms with Crippen molar-refractivity contribution in [1.82, 2.24) is 5.32 Å². The second-order valence-electron chi connectivity index (χ2n) is 5.78. The van der Waals surface area contributed by atoms with Crippen molar-refractivity contribution in [2.45, 2.75) is 50.0 Å². The molecule has 2 saturated heterocycles. The normalized spacial score (nSPS) is 34.9. The molecule has 0 aromatic heterocycles. The zero-order chi connectivity index (χ0) is 12.8. The number of hydrogen-bond acceptors (Lipinski definition) is 3. The van der Waals surface area contributed by atoms with E-state index in [1.807, 2.05) is 18.2 Å². The molecule has 4 unspecified atom stereocenters. The Labute approximate surface area is 112 Å². The van der Waals surface area contributed by atoms with E-state index in [2.05, 4.69) is 16.7 Å². The summed E-state index contributed by atoms with van der Waals surface area (Å²) in [6.45, 7) is 0. The van der Waals surface area contributed by atoms with Crippen molar-refractivity contribution in [2.24, 2.45) is 0 Å². The fraction of sp³-hybridized carbons (Fsp3) is 0.533. The van der Waals surface area contributed by atoms with Crippen molar-refractivity contribution in [2.75, 3.05) is 5.32 Å². The number of carbonyl (C=O) groups is 1. The Hall–Kier alpha value is -1.55. The maximum atomic E-state index is 12.3. The van der Waals surface area contributed by atoms with Crippen LogP contribution in [-0.4, -0.2) is 30.2 Å². The summed E-state index contributed by atoms with van der Waals surface area (Å²) < 4.78 is 5.78. The number of fused-ring (bicyclic) bond motifs is 3. The van der Waals surface area contributed by atoms with E-state index in [9.17, 15) is 4.79 Å². The first kappa shape index (κ1) is 11.3. The smallest absolute Gasteiger partial charge is 0.243 e. The van der Waals surface area contributed by atoms with Crippen molar-refractivity contribution < 1.29 is 9.53 Å². The summed E-state index contributed by atoms with van der Waals surface area (Å²) in [4.78, 5) is 12.3. The minimum atomic E-state index is -0.128. The molecule has 0 radical (unpaired) electrons. The zero-order valence-corrected chi connectivity index (χ0v) is 10.8. The highest BCUT2D eigenvalue weighted by atomic mass is 16.5. The Bertz CT molecular complexity index is 492. The van der Waals surface area contributed by atoms with E-state index in [1.54, 1.807) is 0 Å². The summed E-state index contributed by atoms with van der Waals surface area (Å²) in [6, 6.07) is 8.22. The quantitative estimate of drug-likeness (QED) is 0.844. The van der Waals surface area contributed by atoms with Crippen LogP contribution in [0.4, 0.5) is 5.69 Å². The minimum absolute atomic E-state index is 0.109. The van der Waals surface area contributed by atoms with Gasteiger partial charge < -0.3 is 15.4 Å². The van der Waals surface area contributed by atoms with Gasteiger partial charge in [-0.25, -0.2) is 0 Å². The fourth-order valence-electron chi connectivity index (χ4n) is 3.53. The third-order valence-corrected chi connectivity index (χ3v) is 4.52. The molecule has 1 amide bonds. The number of carbonyl (C=O) groups excluding carboxylic acids is 1. The monoisotopic (exact) mass is 258 g/mol. The first-order chi connectivity index (χ1) is 9.29. The Kier molecular flexibility index (Phi) is 2.52. The van der Waals surface area contributed by atoms with Gasteiger partial charge in [0, 0.05) is 12.1 Å². The molecule has 4 heteroatoms. The predicted molar refractivity (Wildman–Crippen MR) is 72.0 cm³/mol. The number of ether oxygens (including phenoxy) is 1. The summed E-state index contributed by atoms with van der Waals surface area (Å²) in [5.41, 5.74) is 2.32. The maximum absolute atomic E-state index is 12.3. The van der Waals surface area contributed by atoms with Gasteiger partial charge in [-0.15, -0.1) is 0 Å². The van der Waals surface area contributed by atoms with Crippen LogP contribution in [0.15, 0.2) is 24.3 Å². The molecule has 3 aliphatic rings. The van der Waals surface area contributed by atoms with E-state index in [4.69, 9.17) is 4.74 Å². The van der Waals surface area contributed by atoms with Crippen LogP contribution < -0.4 is 10.6 Å². The average Bonchev–Trinajstić information content (AvgIpc) is 3.12. The minimum Gasteiger partial charge on any atom is -0.373 e. The van der Waals surface area contributed by atoms with Gasteiger partial charge in [0.05, 0.1) is 18.2 Å². The van der Waals surface area contributed by atoms with E-state index in [0.717, 1.165) is 31.4 Å². The topological polar surface area (TPSA) is 50.4 Å². The summed E-state index contributed by atoms with van der Waals surface area (Å²) >= 11 is 0. The molecular formula is C15H18N2O2. The molecule has 3 aliphatic heterocycles. The van der Waals surface area contributed by atoms with Crippen molar-refractivity contribution in [1.29, 1.82) is 0 Å². The van der Waals surface area contributed by atoms with Crippen LogP contribution in [0.1, 0.15) is 24.8 Å². The number of benzene rings is 1. The Morgan fingerprint density at radius 2 is 2.21 bits per heavy atom. The van der Waals surface area contributed by atoms with Crippen molar-refractivity contribution >= 4 is 11.6 Å². The molecule has 3 heterocycles. The fourth-order valence-corrected chi connectivity index (χ4v) is 3.53. The molecule has 0 aliphatic carbocycles. The number of amides is 1. The average molecular weight is 258 g/mol. The van der Waals surface area contributed by atoms with Gasteiger partial charge in [0.15, 0.2) is 0 Å². The molecule has 0 spiro atoms. The summed E-state index contributed by atoms with van der Waals surface area (Å²) in [7, 11) is 0. The van der Waals surface area contributed by atoms with Gasteiger partial charge in [-0.05, 0) is 30.9 Å². The molecule has 1 aromatic carbocycles. The van der Waals surface area contributed by atoms with Gasteiger partial charge >= 0.3 is 0 Å². The third-order valence-electron chi connectivity index (χ3n) is 4.52. The molecule has 2 N–H and O–H groups in total. The summed E-state index contributed by atoms with van der Waals surface area (Å²) in [5.74, 6) is 0.109. The Morgan fingerprint density at radius 1 is 1.32 bits per heavy atom. The zero-order valence-electron chi connectivity index (χ0n) is 10.8. The molecule has 2 bridgehead atoms. The second-order valence-corrected chi connectivity index (χ2v) is 5.78. The number of anilines is 1. The van der Waals surface area contributed by atoms with Crippen LogP contribution in [0.25, 0.3) is 0 Å². The van der Waals surface area contributed by atoms with Crippen LogP contribution in [0.2, 0.25) is 0 Å². The lowest BCUT2D eigenvalue weighted by Gasteiger charge is -2.22. The highest BCUT2D eigenvalue weighted by molar-refractivity contribution is 5.87. The highest BCUT2D eigenvalue weighted by Crippen LogP contribution is 2.34. The van der Waals surface area contributed by atoms with Crippen molar-refractivity contribution in [3.05, 3.63) is 29.8 Å². The van der Waals surface area contributed by atoms with Gasteiger partial charge in [0.1, 0.15) is 6.04 Å². The standard InChI is InChI=1S/C15H18N2O2/c18-15(17-12-8-10-5-6-14(12)19-10)13-7-9-3-1-2-4-11(9)16-13/h1-4,10,12-14,16H,5-8H2,(H,17,18). The lowest BCUT2D eigenvalue weighted by atomic mass is 9.95. The van der Waals surface area contributed by atoms with Crippen LogP contribution in [0.3, 0.4) is 0 Å². The molecule has 4 rings (SSSR count). The molecule has 0 saturated carbocycles. The molecule has 19 heavy (non-hydrogen) atoms. The lowest BCUT2D eigenvalue weighted by molar-refractivity contribution is -0.122. The molecule has 100 valence electrons. The van der Waals surface area contributed by atoms with Crippen LogP contribution >= 0.6 is 0 Å². The predicted octanol–water partition coefficient (Wildman–Crippen LogP) is 1.46. The molecule has 1 aromatic rings. The summed E-state index contributed by atoms with van der Waals surface area (Å²) in [6.07, 6.45) is 4.64. The van der Waals surface area contributed by atoms with Crippen LogP contribution in [0.5, 0.6) is 0 Å². The third kappa shape index (κ3) is 1.91. The van der Waals surface area contributed by atoms with Gasteiger partial charge in [-0.3, -0.25) is 4.79 Å². The van der Waals surface area contributed by atoms with E-state index in [-0.39, 0.29) is 24.1 Å². The molecular weight excluding hydrogens is 240 g/mol. The maximum Gasteiger partial charge on any atom is 0.243 e. The lowest BCUT2D eigenvalue weighted by Crippen LogP contribution is -2.47. The largest absolute Gasteiger partial charge is 0.373 e. The van der Waals surface area contributed by atoms with E-state index in [0.29, 0.717) is 6.10 Å². The first-order valence-electron chi connectivity index (χ1n) is 7.10. The molecule has 2 fully saturated rings. The van der Waals surface area contributed by atoms with E-state index in [1.165, 1.54) is 5.56 Å². The van der Waals surface area contributed by atoms with Crippen LogP contribution in [-0.2, 0) is 16.0 Å². The van der Waals surface area contributed by atoms with Gasteiger partial charge in [0.2, 0.25) is 5.91 Å². The van der Waals surface area contributed by atoms with Gasteiger partial charge in [-0.1, -0.05) is 18.2 Å². The molecule has 4 nitrogen and oxygen atoms in total. The number of para-hydroxylation sites is 1. The van der Waals surface area contributed by atoms with Crippen molar-refractivity contribution in [3.63, 3.8) is 0 Å². The number of nitrogens with one attached hydrogen (secondary N) is 2. The number of hydrogen-bond donors (Lipinski definition) is 2. The second kappa shape index (κ2) is 4.23. The van der Waals surface area contributed by atoms with Crippen LogP contribution in [0, 0.1) is 0 Å². The Morgan fingerprint density at radius 3 is 2.95 bits per heavy atom.